The van der Waals surface area contributed by atoms with Gasteiger partial charge < -0.3 is 4.90 Å². The van der Waals surface area contributed by atoms with Crippen molar-refractivity contribution in [3.63, 3.8) is 0 Å². The van der Waals surface area contributed by atoms with Crippen molar-refractivity contribution in [2.45, 2.75) is 31.3 Å². The molecule has 4 aromatic carbocycles. The van der Waals surface area contributed by atoms with E-state index in [-0.39, 0.29) is 17.9 Å². The Balaban J connectivity index is 1.02. The Morgan fingerprint density at radius 2 is 1.23 bits per heavy atom. The molecule has 2 fully saturated rings. The van der Waals surface area contributed by atoms with Crippen LogP contribution in [-0.2, 0) is 6.54 Å². The first-order valence-electron chi connectivity index (χ1n) is 14.6. The number of amides is 2. The van der Waals surface area contributed by atoms with Gasteiger partial charge in [0.2, 0.25) is 0 Å². The molecule has 0 radical (unpaired) electrons. The second kappa shape index (κ2) is 10.6. The average molecular weight is 530 g/mol. The van der Waals surface area contributed by atoms with E-state index in [2.05, 4.69) is 70.5 Å². The summed E-state index contributed by atoms with van der Waals surface area (Å²) in [5.74, 6) is 0.809. The number of benzene rings is 4. The standard InChI is InChI=1S/C35H35N3O2/c39-34-31-19-27-13-7-8-14-28(27)20-32(31)35(40)38(34)30-15-17-36(18-16-30)22-29-23-37(21-25-9-3-1-4-10-25)24-33(29)26-11-5-2-6-12-26/h1-14,19-20,29-30,33H,15-18,21-24H2. The van der Waals surface area contributed by atoms with E-state index in [1.54, 1.807) is 4.90 Å². The molecular formula is C35H35N3O2. The quantitative estimate of drug-likeness (QED) is 0.296. The molecule has 202 valence electrons. The maximum absolute atomic E-state index is 13.4. The van der Waals surface area contributed by atoms with Gasteiger partial charge in [0.05, 0.1) is 11.1 Å². The van der Waals surface area contributed by atoms with Crippen LogP contribution in [-0.4, -0.2) is 65.3 Å². The first-order valence-corrected chi connectivity index (χ1v) is 14.6. The van der Waals surface area contributed by atoms with Gasteiger partial charge in [-0.25, -0.2) is 0 Å². The SMILES string of the molecule is O=C1c2cc3ccccc3cc2C(=O)N1C1CCN(CC2CN(Cc3ccccc3)CC2c2ccccc2)CC1. The number of imide groups is 1. The third kappa shape index (κ3) is 4.74. The predicted octanol–water partition coefficient (Wildman–Crippen LogP) is 5.82. The maximum atomic E-state index is 13.4. The molecule has 40 heavy (non-hydrogen) atoms. The highest BCUT2D eigenvalue weighted by Crippen LogP contribution is 2.36. The van der Waals surface area contributed by atoms with Gasteiger partial charge in [0.15, 0.2) is 0 Å². The highest BCUT2D eigenvalue weighted by Gasteiger charge is 2.42. The molecule has 3 aliphatic rings. The second-order valence-corrected chi connectivity index (χ2v) is 11.7. The summed E-state index contributed by atoms with van der Waals surface area (Å²) in [6.07, 6.45) is 1.67. The van der Waals surface area contributed by atoms with E-state index in [4.69, 9.17) is 0 Å². The topological polar surface area (TPSA) is 43.9 Å². The third-order valence-corrected chi connectivity index (χ3v) is 9.19. The highest BCUT2D eigenvalue weighted by molar-refractivity contribution is 6.23. The first kappa shape index (κ1) is 25.2. The van der Waals surface area contributed by atoms with Gasteiger partial charge in [-0.2, -0.15) is 0 Å². The number of carbonyl (C=O) groups excluding carboxylic acids is 2. The molecule has 0 bridgehead atoms. The van der Waals surface area contributed by atoms with E-state index >= 15 is 0 Å². The van der Waals surface area contributed by atoms with Crippen molar-refractivity contribution in [2.75, 3.05) is 32.7 Å². The van der Waals surface area contributed by atoms with E-state index in [1.165, 1.54) is 11.1 Å². The van der Waals surface area contributed by atoms with E-state index in [0.29, 0.717) is 23.0 Å². The Bertz CT molecular complexity index is 1470. The number of fused-ring (bicyclic) bond motifs is 2. The van der Waals surface area contributed by atoms with Gasteiger partial charge in [-0.3, -0.25) is 19.4 Å². The predicted molar refractivity (Wildman–Crippen MR) is 158 cm³/mol. The second-order valence-electron chi connectivity index (χ2n) is 11.7. The van der Waals surface area contributed by atoms with Crippen molar-refractivity contribution in [1.82, 2.24) is 14.7 Å². The van der Waals surface area contributed by atoms with Gasteiger partial charge in [0.25, 0.3) is 11.8 Å². The van der Waals surface area contributed by atoms with Crippen LogP contribution >= 0.6 is 0 Å². The van der Waals surface area contributed by atoms with Crippen LogP contribution in [0.2, 0.25) is 0 Å². The molecule has 0 spiro atoms. The van der Waals surface area contributed by atoms with Crippen molar-refractivity contribution in [3.05, 3.63) is 119 Å². The van der Waals surface area contributed by atoms with Crippen molar-refractivity contribution in [2.24, 2.45) is 5.92 Å². The van der Waals surface area contributed by atoms with Crippen LogP contribution in [0, 0.1) is 5.92 Å². The summed E-state index contributed by atoms with van der Waals surface area (Å²) in [5, 5.41) is 2.01. The van der Waals surface area contributed by atoms with Crippen LogP contribution in [0.3, 0.4) is 0 Å². The summed E-state index contributed by atoms with van der Waals surface area (Å²) in [7, 11) is 0. The van der Waals surface area contributed by atoms with Crippen LogP contribution in [0.1, 0.15) is 50.6 Å². The first-order chi connectivity index (χ1) is 19.6. The molecule has 2 unspecified atom stereocenters. The number of piperidine rings is 1. The molecule has 3 aliphatic heterocycles. The summed E-state index contributed by atoms with van der Waals surface area (Å²) in [5.41, 5.74) is 3.91. The largest absolute Gasteiger partial charge is 0.303 e. The average Bonchev–Trinajstić information content (AvgIpc) is 3.50. The molecule has 2 atom stereocenters. The van der Waals surface area contributed by atoms with Crippen LogP contribution in [0.4, 0.5) is 0 Å². The molecule has 2 amide bonds. The molecule has 5 heteroatoms. The van der Waals surface area contributed by atoms with Crippen molar-refractivity contribution in [1.29, 1.82) is 0 Å². The summed E-state index contributed by atoms with van der Waals surface area (Å²) in [6, 6.07) is 33.4. The van der Waals surface area contributed by atoms with E-state index in [9.17, 15) is 9.59 Å². The zero-order valence-electron chi connectivity index (χ0n) is 22.8. The Kier molecular flexibility index (Phi) is 6.70. The molecule has 0 aliphatic carbocycles. The summed E-state index contributed by atoms with van der Waals surface area (Å²) in [4.78, 5) is 33.5. The van der Waals surface area contributed by atoms with Gasteiger partial charge in [0, 0.05) is 51.2 Å². The summed E-state index contributed by atoms with van der Waals surface area (Å²) >= 11 is 0. The molecular weight excluding hydrogens is 494 g/mol. The van der Waals surface area contributed by atoms with E-state index < -0.39 is 0 Å². The normalized spacial score (nSPS) is 22.4. The lowest BCUT2D eigenvalue weighted by Gasteiger charge is -2.37. The third-order valence-electron chi connectivity index (χ3n) is 9.19. The lowest BCUT2D eigenvalue weighted by Crippen LogP contribution is -2.48. The van der Waals surface area contributed by atoms with Gasteiger partial charge in [0.1, 0.15) is 0 Å². The zero-order valence-corrected chi connectivity index (χ0v) is 22.8. The van der Waals surface area contributed by atoms with Gasteiger partial charge >= 0.3 is 0 Å². The van der Waals surface area contributed by atoms with Crippen LogP contribution < -0.4 is 0 Å². The number of nitrogens with zero attached hydrogens (tertiary/aromatic N) is 3. The minimum absolute atomic E-state index is 0.0326. The fourth-order valence-electron chi connectivity index (χ4n) is 7.16. The maximum Gasteiger partial charge on any atom is 0.261 e. The van der Waals surface area contributed by atoms with Crippen molar-refractivity contribution >= 4 is 22.6 Å². The monoisotopic (exact) mass is 529 g/mol. The number of hydrogen-bond acceptors (Lipinski definition) is 4. The fraction of sp³-hybridized carbons (Fsp3) is 0.314. The van der Waals surface area contributed by atoms with Gasteiger partial charge in [-0.15, -0.1) is 0 Å². The lowest BCUT2D eigenvalue weighted by molar-refractivity contribution is 0.0491. The highest BCUT2D eigenvalue weighted by atomic mass is 16.2. The van der Waals surface area contributed by atoms with Crippen molar-refractivity contribution in [3.8, 4) is 0 Å². The molecule has 0 aromatic heterocycles. The molecule has 2 saturated heterocycles. The molecule has 7 rings (SSSR count). The van der Waals surface area contributed by atoms with Crippen LogP contribution in [0.5, 0.6) is 0 Å². The molecule has 0 N–H and O–H groups in total. The van der Waals surface area contributed by atoms with Crippen LogP contribution in [0.25, 0.3) is 10.8 Å². The Labute approximate surface area is 236 Å². The van der Waals surface area contributed by atoms with E-state index in [0.717, 1.165) is 62.9 Å². The number of hydrogen-bond donors (Lipinski definition) is 0. The number of likely N-dealkylation sites (tertiary alicyclic amines) is 2. The Morgan fingerprint density at radius 3 is 1.85 bits per heavy atom. The molecule has 5 nitrogen and oxygen atoms in total. The minimum Gasteiger partial charge on any atom is -0.303 e. The zero-order chi connectivity index (χ0) is 27.1. The Morgan fingerprint density at radius 1 is 0.650 bits per heavy atom. The van der Waals surface area contributed by atoms with Gasteiger partial charge in [-0.1, -0.05) is 84.9 Å². The smallest absolute Gasteiger partial charge is 0.261 e. The molecule has 4 aromatic rings. The Hall–Kier alpha value is -3.80. The molecule has 3 heterocycles. The van der Waals surface area contributed by atoms with Crippen molar-refractivity contribution < 1.29 is 9.59 Å². The number of rotatable bonds is 6. The minimum atomic E-state index is -0.124. The fourth-order valence-corrected chi connectivity index (χ4v) is 7.16. The lowest BCUT2D eigenvalue weighted by atomic mass is 9.88. The van der Waals surface area contributed by atoms with E-state index in [1.807, 2.05) is 36.4 Å². The summed E-state index contributed by atoms with van der Waals surface area (Å²) in [6.45, 7) is 6.01. The number of carbonyl (C=O) groups is 2. The summed E-state index contributed by atoms with van der Waals surface area (Å²) < 4.78 is 0. The van der Waals surface area contributed by atoms with Gasteiger partial charge in [-0.05, 0) is 52.8 Å². The van der Waals surface area contributed by atoms with Crippen LogP contribution in [0.15, 0.2) is 97.1 Å². The molecule has 0 saturated carbocycles.